The fourth-order valence-electron chi connectivity index (χ4n) is 4.37. The summed E-state index contributed by atoms with van der Waals surface area (Å²) in [6.45, 7) is 4.07. The molecule has 0 aliphatic rings. The first-order chi connectivity index (χ1) is 17.0. The Balaban J connectivity index is 1.66. The summed E-state index contributed by atoms with van der Waals surface area (Å²) in [5, 5.41) is 16.2. The van der Waals surface area contributed by atoms with Crippen LogP contribution in [-0.4, -0.2) is 30.8 Å². The topological polar surface area (TPSA) is 114 Å². The van der Waals surface area contributed by atoms with Crippen molar-refractivity contribution in [2.45, 2.75) is 33.1 Å². The first-order valence-electron chi connectivity index (χ1n) is 11.5. The van der Waals surface area contributed by atoms with Crippen molar-refractivity contribution in [2.24, 2.45) is 0 Å². The van der Waals surface area contributed by atoms with E-state index in [1.54, 1.807) is 12.1 Å². The van der Waals surface area contributed by atoms with Crippen LogP contribution in [0.15, 0.2) is 69.9 Å². The van der Waals surface area contributed by atoms with Crippen LogP contribution in [0.1, 0.15) is 41.5 Å². The number of hydrogen-bond donors (Lipinski definition) is 2. The minimum atomic E-state index is -0.982. The molecule has 0 saturated heterocycles. The van der Waals surface area contributed by atoms with Crippen molar-refractivity contribution >= 4 is 17.0 Å². The SMILES string of the molecule is CCCCc1nc2c(C)ccc(C(=O)O)c2n1-c1ccc(-c2ccccc2-c2n[nH]c(=O)o2)cc1. The molecule has 3 aromatic carbocycles. The van der Waals surface area contributed by atoms with Crippen LogP contribution in [0.4, 0.5) is 0 Å². The van der Waals surface area contributed by atoms with Crippen LogP contribution in [0.5, 0.6) is 0 Å². The van der Waals surface area contributed by atoms with Crippen molar-refractivity contribution in [3.8, 4) is 28.3 Å². The molecule has 0 saturated carbocycles. The summed E-state index contributed by atoms with van der Waals surface area (Å²) in [5.41, 5.74) is 5.77. The zero-order valence-corrected chi connectivity index (χ0v) is 19.4. The summed E-state index contributed by atoms with van der Waals surface area (Å²) >= 11 is 0. The maximum atomic E-state index is 12.1. The number of hydrogen-bond acceptors (Lipinski definition) is 5. The number of nitrogens with zero attached hydrogens (tertiary/aromatic N) is 3. The number of carboxylic acid groups (broad SMARTS) is 1. The average Bonchev–Trinajstić information content (AvgIpc) is 3.47. The van der Waals surface area contributed by atoms with Crippen molar-refractivity contribution in [2.75, 3.05) is 0 Å². The van der Waals surface area contributed by atoms with Gasteiger partial charge in [-0.1, -0.05) is 49.7 Å². The van der Waals surface area contributed by atoms with Crippen LogP contribution in [0.25, 0.3) is 39.3 Å². The van der Waals surface area contributed by atoms with E-state index < -0.39 is 11.7 Å². The molecule has 5 aromatic rings. The van der Waals surface area contributed by atoms with E-state index in [4.69, 9.17) is 9.40 Å². The van der Waals surface area contributed by atoms with Crippen molar-refractivity contribution in [3.63, 3.8) is 0 Å². The maximum Gasteiger partial charge on any atom is 0.434 e. The molecule has 0 aliphatic heterocycles. The largest absolute Gasteiger partial charge is 0.478 e. The highest BCUT2D eigenvalue weighted by Gasteiger charge is 2.20. The third-order valence-corrected chi connectivity index (χ3v) is 6.09. The summed E-state index contributed by atoms with van der Waals surface area (Å²) in [4.78, 5) is 28.4. The molecular formula is C27H24N4O4. The lowest BCUT2D eigenvalue weighted by Crippen LogP contribution is -2.05. The summed E-state index contributed by atoms with van der Waals surface area (Å²) in [6, 6.07) is 18.8. The predicted octanol–water partition coefficient (Wildman–Crippen LogP) is 5.39. The van der Waals surface area contributed by atoms with Gasteiger partial charge in [0, 0.05) is 17.7 Å². The molecule has 0 radical (unpaired) electrons. The van der Waals surface area contributed by atoms with Crippen LogP contribution < -0.4 is 5.76 Å². The fourth-order valence-corrected chi connectivity index (χ4v) is 4.37. The molecule has 2 heterocycles. The first-order valence-corrected chi connectivity index (χ1v) is 11.5. The minimum absolute atomic E-state index is 0.221. The van der Waals surface area contributed by atoms with E-state index in [-0.39, 0.29) is 11.5 Å². The number of nitrogens with one attached hydrogen (secondary N) is 1. The number of rotatable bonds is 7. The molecule has 5 rings (SSSR count). The third-order valence-electron chi connectivity index (χ3n) is 6.09. The zero-order valence-electron chi connectivity index (χ0n) is 19.4. The Morgan fingerprint density at radius 2 is 1.80 bits per heavy atom. The second kappa shape index (κ2) is 9.06. The van der Waals surface area contributed by atoms with Crippen LogP contribution in [0.3, 0.4) is 0 Å². The van der Waals surface area contributed by atoms with Gasteiger partial charge in [-0.2, -0.15) is 0 Å². The summed E-state index contributed by atoms with van der Waals surface area (Å²) in [7, 11) is 0. The van der Waals surface area contributed by atoms with Crippen LogP contribution >= 0.6 is 0 Å². The number of benzene rings is 3. The van der Waals surface area contributed by atoms with Gasteiger partial charge in [-0.05, 0) is 54.3 Å². The van der Waals surface area contributed by atoms with Crippen LogP contribution in [0, 0.1) is 6.92 Å². The van der Waals surface area contributed by atoms with E-state index in [0.29, 0.717) is 16.6 Å². The van der Waals surface area contributed by atoms with Gasteiger partial charge in [-0.15, -0.1) is 5.10 Å². The highest BCUT2D eigenvalue weighted by molar-refractivity contribution is 6.03. The number of carboxylic acids is 1. The van der Waals surface area contributed by atoms with Crippen LogP contribution in [0.2, 0.25) is 0 Å². The normalized spacial score (nSPS) is 11.3. The van der Waals surface area contributed by atoms with E-state index in [9.17, 15) is 14.7 Å². The molecule has 0 aliphatic carbocycles. The molecule has 0 unspecified atom stereocenters. The average molecular weight is 469 g/mol. The van der Waals surface area contributed by atoms with Gasteiger partial charge < -0.3 is 9.52 Å². The smallest absolute Gasteiger partial charge is 0.434 e. The molecule has 8 heteroatoms. The van der Waals surface area contributed by atoms with Gasteiger partial charge in [-0.25, -0.2) is 19.7 Å². The lowest BCUT2D eigenvalue weighted by molar-refractivity contribution is 0.0698. The molecule has 176 valence electrons. The molecule has 8 nitrogen and oxygen atoms in total. The number of carbonyl (C=O) groups is 1. The number of aryl methyl sites for hydroxylation is 2. The number of fused-ring (bicyclic) bond motifs is 1. The Morgan fingerprint density at radius 1 is 1.06 bits per heavy atom. The van der Waals surface area contributed by atoms with Gasteiger partial charge in [0.2, 0.25) is 5.89 Å². The van der Waals surface area contributed by atoms with Crippen molar-refractivity contribution in [1.82, 2.24) is 19.7 Å². The fraction of sp³-hybridized carbons (Fsp3) is 0.185. The Hall–Kier alpha value is -4.46. The van der Waals surface area contributed by atoms with Crippen molar-refractivity contribution in [1.29, 1.82) is 0 Å². The number of H-pyrrole nitrogens is 1. The molecule has 0 amide bonds. The Labute approximate surface area is 200 Å². The number of imidazole rings is 1. The van der Waals surface area contributed by atoms with E-state index in [1.165, 1.54) is 0 Å². The van der Waals surface area contributed by atoms with E-state index in [0.717, 1.165) is 47.5 Å². The van der Waals surface area contributed by atoms with Gasteiger partial charge in [0.05, 0.1) is 16.6 Å². The highest BCUT2D eigenvalue weighted by Crippen LogP contribution is 2.33. The maximum absolute atomic E-state index is 12.1. The third kappa shape index (κ3) is 4.03. The van der Waals surface area contributed by atoms with Gasteiger partial charge in [0.1, 0.15) is 5.82 Å². The lowest BCUT2D eigenvalue weighted by atomic mass is 9.99. The molecule has 0 spiro atoms. The molecule has 0 atom stereocenters. The number of aromatic carboxylic acids is 1. The highest BCUT2D eigenvalue weighted by atomic mass is 16.4. The van der Waals surface area contributed by atoms with E-state index in [2.05, 4.69) is 17.1 Å². The second-order valence-corrected chi connectivity index (χ2v) is 8.41. The number of aromatic amines is 1. The summed E-state index contributed by atoms with van der Waals surface area (Å²) < 4.78 is 7.13. The molecular weight excluding hydrogens is 444 g/mol. The standard InChI is InChI=1S/C27H24N4O4/c1-3-4-9-22-28-23-16(2)10-15-21(26(32)33)24(23)31(22)18-13-11-17(12-14-18)19-7-5-6-8-20(19)25-29-30-27(34)35-25/h5-8,10-15H,3-4,9H2,1-2H3,(H,30,34)(H,32,33). The van der Waals surface area contributed by atoms with Gasteiger partial charge in [0.25, 0.3) is 0 Å². The predicted molar refractivity (Wildman–Crippen MR) is 133 cm³/mol. The number of unbranched alkanes of at least 4 members (excludes halogenated alkanes) is 1. The van der Waals surface area contributed by atoms with Gasteiger partial charge in [0.15, 0.2) is 0 Å². The van der Waals surface area contributed by atoms with E-state index in [1.807, 2.05) is 60.0 Å². The monoisotopic (exact) mass is 468 g/mol. The van der Waals surface area contributed by atoms with Crippen molar-refractivity contribution < 1.29 is 14.3 Å². The quantitative estimate of drug-likeness (QED) is 0.331. The summed E-state index contributed by atoms with van der Waals surface area (Å²) in [6.07, 6.45) is 2.70. The second-order valence-electron chi connectivity index (χ2n) is 8.41. The molecule has 2 N–H and O–H groups in total. The van der Waals surface area contributed by atoms with Gasteiger partial charge >= 0.3 is 11.7 Å². The molecule has 0 fully saturated rings. The van der Waals surface area contributed by atoms with Crippen molar-refractivity contribution in [3.05, 3.63) is 88.2 Å². The zero-order chi connectivity index (χ0) is 24.5. The van der Waals surface area contributed by atoms with Gasteiger partial charge in [-0.3, -0.25) is 4.57 Å². The molecule has 35 heavy (non-hydrogen) atoms. The Bertz CT molecular complexity index is 1590. The summed E-state index contributed by atoms with van der Waals surface area (Å²) in [5.74, 6) is -0.533. The lowest BCUT2D eigenvalue weighted by Gasteiger charge is -2.13. The number of aromatic nitrogens is 4. The molecule has 0 bridgehead atoms. The molecule has 2 aromatic heterocycles. The Kier molecular flexibility index (Phi) is 5.78. The van der Waals surface area contributed by atoms with Crippen LogP contribution in [-0.2, 0) is 6.42 Å². The minimum Gasteiger partial charge on any atom is -0.478 e. The first kappa shape index (κ1) is 22.3. The Morgan fingerprint density at radius 3 is 2.46 bits per heavy atom. The van der Waals surface area contributed by atoms with E-state index >= 15 is 0 Å².